The van der Waals surface area contributed by atoms with E-state index in [2.05, 4.69) is 91.9 Å². The van der Waals surface area contributed by atoms with E-state index >= 15 is 0 Å². The summed E-state index contributed by atoms with van der Waals surface area (Å²) in [5.41, 5.74) is 8.07. The first-order chi connectivity index (χ1) is 16.8. The molecule has 0 bridgehead atoms. The fourth-order valence-corrected chi connectivity index (χ4v) is 4.41. The van der Waals surface area contributed by atoms with Crippen LogP contribution in [0.4, 0.5) is 0 Å². The minimum atomic E-state index is 0.763. The van der Waals surface area contributed by atoms with Crippen LogP contribution in [0.15, 0.2) is 84.9 Å². The number of ether oxygens (including phenoxy) is 1. The van der Waals surface area contributed by atoms with Gasteiger partial charge in [0.25, 0.3) is 0 Å². The van der Waals surface area contributed by atoms with Crippen LogP contribution in [-0.4, -0.2) is 19.8 Å². The summed E-state index contributed by atoms with van der Waals surface area (Å²) in [6, 6.07) is 30.1. The average molecular weight is 456 g/mol. The first-order valence-corrected chi connectivity index (χ1v) is 13.0. The molecule has 2 N–H and O–H groups in total. The lowest BCUT2D eigenvalue weighted by Gasteiger charge is -2.09. The van der Waals surface area contributed by atoms with Crippen LogP contribution in [0.5, 0.6) is 0 Å². The van der Waals surface area contributed by atoms with E-state index in [4.69, 9.17) is 10.5 Å². The van der Waals surface area contributed by atoms with Gasteiger partial charge in [-0.3, -0.25) is 0 Å². The van der Waals surface area contributed by atoms with Crippen molar-refractivity contribution >= 4 is 21.5 Å². The summed E-state index contributed by atoms with van der Waals surface area (Å²) in [5.74, 6) is 0. The standard InChI is InChI=1S/C24H22O.C8H19N/c1-3-13-23-19(7-1)9-5-11-21(23)15-17-25-18-16-22-12-6-10-20-8-2-4-14-24(20)22;1-2-3-4-5-6-7-8-9/h1-14H,15-18H2;2-9H2,1H3. The molecule has 0 spiro atoms. The highest BCUT2D eigenvalue weighted by Crippen LogP contribution is 2.20. The third-order valence-electron chi connectivity index (χ3n) is 6.35. The molecule has 0 heterocycles. The number of rotatable bonds is 12. The molecule has 0 radical (unpaired) electrons. The van der Waals surface area contributed by atoms with E-state index in [0.29, 0.717) is 0 Å². The second-order valence-electron chi connectivity index (χ2n) is 8.95. The Hall–Kier alpha value is -2.68. The smallest absolute Gasteiger partial charge is 0.0506 e. The zero-order chi connectivity index (χ0) is 23.8. The Morgan fingerprint density at radius 1 is 0.559 bits per heavy atom. The van der Waals surface area contributed by atoms with Crippen molar-refractivity contribution in [3.05, 3.63) is 96.1 Å². The Bertz CT molecular complexity index is 1010. The van der Waals surface area contributed by atoms with Crippen molar-refractivity contribution in [3.8, 4) is 0 Å². The van der Waals surface area contributed by atoms with E-state index in [9.17, 15) is 0 Å². The van der Waals surface area contributed by atoms with Crippen molar-refractivity contribution in [2.75, 3.05) is 19.8 Å². The van der Waals surface area contributed by atoms with Gasteiger partial charge >= 0.3 is 0 Å². The van der Waals surface area contributed by atoms with Crippen molar-refractivity contribution in [3.63, 3.8) is 0 Å². The maximum Gasteiger partial charge on any atom is 0.0506 e. The third kappa shape index (κ3) is 8.27. The van der Waals surface area contributed by atoms with Crippen molar-refractivity contribution < 1.29 is 4.74 Å². The Labute approximate surface area is 206 Å². The average Bonchev–Trinajstić information content (AvgIpc) is 2.89. The Morgan fingerprint density at radius 3 is 1.56 bits per heavy atom. The summed E-state index contributed by atoms with van der Waals surface area (Å²) in [5, 5.41) is 5.27. The van der Waals surface area contributed by atoms with E-state index in [-0.39, 0.29) is 0 Å². The zero-order valence-corrected chi connectivity index (χ0v) is 20.8. The van der Waals surface area contributed by atoms with E-state index in [1.807, 2.05) is 0 Å². The summed E-state index contributed by atoms with van der Waals surface area (Å²) in [6.45, 7) is 4.63. The lowest BCUT2D eigenvalue weighted by molar-refractivity contribution is 0.140. The quantitative estimate of drug-likeness (QED) is 0.219. The highest BCUT2D eigenvalue weighted by atomic mass is 16.5. The van der Waals surface area contributed by atoms with Crippen molar-refractivity contribution in [2.45, 2.75) is 58.3 Å². The van der Waals surface area contributed by atoms with E-state index in [0.717, 1.165) is 32.6 Å². The van der Waals surface area contributed by atoms with E-state index in [1.54, 1.807) is 0 Å². The molecule has 4 aromatic rings. The van der Waals surface area contributed by atoms with Gasteiger partial charge in [0, 0.05) is 0 Å². The van der Waals surface area contributed by atoms with Crippen LogP contribution in [0, 0.1) is 0 Å². The number of unbranched alkanes of at least 4 members (excludes halogenated alkanes) is 5. The van der Waals surface area contributed by atoms with Crippen LogP contribution in [0.2, 0.25) is 0 Å². The molecular formula is C32H41NO. The second-order valence-corrected chi connectivity index (χ2v) is 8.95. The van der Waals surface area contributed by atoms with Crippen LogP contribution in [0.1, 0.15) is 56.6 Å². The normalized spacial score (nSPS) is 10.9. The van der Waals surface area contributed by atoms with Gasteiger partial charge in [0.15, 0.2) is 0 Å². The zero-order valence-electron chi connectivity index (χ0n) is 20.8. The summed E-state index contributed by atoms with van der Waals surface area (Å²) < 4.78 is 5.94. The molecule has 0 aliphatic heterocycles. The van der Waals surface area contributed by atoms with Crippen LogP contribution in [0.3, 0.4) is 0 Å². The van der Waals surface area contributed by atoms with Crippen molar-refractivity contribution in [2.24, 2.45) is 5.73 Å². The number of nitrogens with two attached hydrogens (primary N) is 1. The highest BCUT2D eigenvalue weighted by molar-refractivity contribution is 5.86. The van der Waals surface area contributed by atoms with Gasteiger partial charge < -0.3 is 10.5 Å². The number of benzene rings is 4. The second kappa shape index (κ2) is 15.3. The van der Waals surface area contributed by atoms with Gasteiger partial charge in [-0.05, 0) is 58.5 Å². The lowest BCUT2D eigenvalue weighted by Crippen LogP contribution is -2.03. The van der Waals surface area contributed by atoms with Crippen molar-refractivity contribution in [1.82, 2.24) is 0 Å². The fraction of sp³-hybridized carbons (Fsp3) is 0.375. The topological polar surface area (TPSA) is 35.2 Å². The Morgan fingerprint density at radius 2 is 1.03 bits per heavy atom. The molecule has 4 aromatic carbocycles. The summed E-state index contributed by atoms with van der Waals surface area (Å²) in [7, 11) is 0. The van der Waals surface area contributed by atoms with Crippen molar-refractivity contribution in [1.29, 1.82) is 0 Å². The van der Waals surface area contributed by atoms with Crippen LogP contribution >= 0.6 is 0 Å². The number of fused-ring (bicyclic) bond motifs is 2. The first kappa shape index (κ1) is 25.9. The molecule has 0 amide bonds. The molecule has 0 aliphatic carbocycles. The molecule has 4 rings (SSSR count). The molecule has 0 saturated heterocycles. The lowest BCUT2D eigenvalue weighted by atomic mass is 10.0. The predicted octanol–water partition coefficient (Wildman–Crippen LogP) is 8.10. The SMILES string of the molecule is CCCCCCCCN.c1ccc2c(CCOCCc3cccc4ccccc34)cccc2c1. The molecule has 2 nitrogen and oxygen atoms in total. The molecule has 180 valence electrons. The highest BCUT2D eigenvalue weighted by Gasteiger charge is 2.02. The third-order valence-corrected chi connectivity index (χ3v) is 6.35. The van der Waals surface area contributed by atoms with Gasteiger partial charge in [0.2, 0.25) is 0 Å². The summed E-state index contributed by atoms with van der Waals surface area (Å²) in [4.78, 5) is 0. The largest absolute Gasteiger partial charge is 0.381 e. The van der Waals surface area contributed by atoms with Gasteiger partial charge in [-0.15, -0.1) is 0 Å². The Balaban J connectivity index is 0.000000309. The van der Waals surface area contributed by atoms with Gasteiger partial charge in [-0.2, -0.15) is 0 Å². The first-order valence-electron chi connectivity index (χ1n) is 13.0. The fourth-order valence-electron chi connectivity index (χ4n) is 4.41. The van der Waals surface area contributed by atoms with Crippen LogP contribution in [0.25, 0.3) is 21.5 Å². The molecule has 34 heavy (non-hydrogen) atoms. The minimum Gasteiger partial charge on any atom is -0.381 e. The van der Waals surface area contributed by atoms with Gasteiger partial charge in [-0.1, -0.05) is 124 Å². The number of hydrogen-bond acceptors (Lipinski definition) is 2. The predicted molar refractivity (Wildman–Crippen MR) is 149 cm³/mol. The summed E-state index contributed by atoms with van der Waals surface area (Å²) >= 11 is 0. The van der Waals surface area contributed by atoms with Gasteiger partial charge in [0.1, 0.15) is 0 Å². The Kier molecular flexibility index (Phi) is 11.6. The molecule has 0 atom stereocenters. The molecule has 0 aromatic heterocycles. The van der Waals surface area contributed by atoms with E-state index < -0.39 is 0 Å². The van der Waals surface area contributed by atoms with E-state index in [1.165, 1.54) is 71.2 Å². The maximum absolute atomic E-state index is 5.94. The van der Waals surface area contributed by atoms with Crippen LogP contribution in [-0.2, 0) is 17.6 Å². The summed E-state index contributed by atoms with van der Waals surface area (Å²) in [6.07, 6.45) is 9.96. The molecule has 2 heteroatoms. The van der Waals surface area contributed by atoms with Gasteiger partial charge in [0.05, 0.1) is 13.2 Å². The molecule has 0 unspecified atom stereocenters. The minimum absolute atomic E-state index is 0.763. The van der Waals surface area contributed by atoms with Crippen LogP contribution < -0.4 is 5.73 Å². The maximum atomic E-state index is 5.94. The molecule has 0 aliphatic rings. The molecule has 0 fully saturated rings. The number of hydrogen-bond donors (Lipinski definition) is 1. The molecule has 0 saturated carbocycles. The van der Waals surface area contributed by atoms with Gasteiger partial charge in [-0.25, -0.2) is 0 Å². The molecular weight excluding hydrogens is 414 g/mol. The monoisotopic (exact) mass is 455 g/mol.